The van der Waals surface area contributed by atoms with Gasteiger partial charge in [0.05, 0.1) is 0 Å². The number of allylic oxidation sites excluding steroid dienone is 12. The number of unbranched alkanes of at least 4 members (excludes halogenated alkanes) is 15. The summed E-state index contributed by atoms with van der Waals surface area (Å²) in [5, 5.41) is 0. The molecule has 54 heavy (non-hydrogen) atoms. The van der Waals surface area contributed by atoms with Crippen LogP contribution in [0.2, 0.25) is 0 Å². The molecule has 0 N–H and O–H groups in total. The first-order valence-corrected chi connectivity index (χ1v) is 21.9. The van der Waals surface area contributed by atoms with Crippen molar-refractivity contribution in [3.63, 3.8) is 0 Å². The summed E-state index contributed by atoms with van der Waals surface area (Å²) in [6, 6.07) is 0. The van der Waals surface area contributed by atoms with Gasteiger partial charge in [-0.05, 0) is 83.5 Å². The van der Waals surface area contributed by atoms with Crippen molar-refractivity contribution in [1.29, 1.82) is 0 Å². The fourth-order valence-corrected chi connectivity index (χ4v) is 5.70. The van der Waals surface area contributed by atoms with Crippen molar-refractivity contribution in [2.24, 2.45) is 0 Å². The molecule has 0 aromatic rings. The third-order valence-electron chi connectivity index (χ3n) is 8.96. The molecule has 0 heterocycles. The predicted molar refractivity (Wildman–Crippen MR) is 228 cm³/mol. The van der Waals surface area contributed by atoms with E-state index in [1.54, 1.807) is 0 Å². The maximum atomic E-state index is 12.7. The average Bonchev–Trinajstić information content (AvgIpc) is 3.17. The van der Waals surface area contributed by atoms with Crippen molar-refractivity contribution in [3.8, 4) is 0 Å². The van der Waals surface area contributed by atoms with Crippen LogP contribution in [-0.2, 0) is 28.6 Å². The molecule has 0 aliphatic heterocycles. The summed E-state index contributed by atoms with van der Waals surface area (Å²) in [7, 11) is 0. The van der Waals surface area contributed by atoms with Gasteiger partial charge in [0.1, 0.15) is 13.2 Å². The van der Waals surface area contributed by atoms with E-state index < -0.39 is 6.10 Å². The summed E-state index contributed by atoms with van der Waals surface area (Å²) in [6.45, 7) is 6.32. The Morgan fingerprint density at radius 2 is 0.722 bits per heavy atom. The van der Waals surface area contributed by atoms with Gasteiger partial charge in [0, 0.05) is 19.3 Å². The van der Waals surface area contributed by atoms with E-state index in [0.29, 0.717) is 12.8 Å². The highest BCUT2D eigenvalue weighted by Crippen LogP contribution is 2.13. The number of hydrogen-bond acceptors (Lipinski definition) is 6. The van der Waals surface area contributed by atoms with Crippen molar-refractivity contribution in [3.05, 3.63) is 72.9 Å². The van der Waals surface area contributed by atoms with E-state index >= 15 is 0 Å². The quantitative estimate of drug-likeness (QED) is 0.0270. The summed E-state index contributed by atoms with van der Waals surface area (Å²) in [4.78, 5) is 37.6. The first kappa shape index (κ1) is 50.9. The fourth-order valence-electron chi connectivity index (χ4n) is 5.70. The average molecular weight is 753 g/mol. The second-order valence-electron chi connectivity index (χ2n) is 14.2. The van der Waals surface area contributed by atoms with Crippen LogP contribution in [0.25, 0.3) is 0 Å². The molecule has 0 saturated carbocycles. The summed E-state index contributed by atoms with van der Waals surface area (Å²) in [5.74, 6) is -0.966. The Morgan fingerprint density at radius 1 is 0.389 bits per heavy atom. The Morgan fingerprint density at radius 3 is 1.13 bits per heavy atom. The van der Waals surface area contributed by atoms with E-state index in [0.717, 1.165) is 109 Å². The van der Waals surface area contributed by atoms with Crippen molar-refractivity contribution in [1.82, 2.24) is 0 Å². The molecule has 308 valence electrons. The Hall–Kier alpha value is -3.15. The zero-order chi connectivity index (χ0) is 39.4. The van der Waals surface area contributed by atoms with Crippen LogP contribution < -0.4 is 0 Å². The van der Waals surface area contributed by atoms with Gasteiger partial charge in [0.25, 0.3) is 0 Å². The van der Waals surface area contributed by atoms with Crippen molar-refractivity contribution >= 4 is 17.9 Å². The van der Waals surface area contributed by atoms with E-state index in [2.05, 4.69) is 93.7 Å². The number of carbonyl (C=O) groups is 3. The molecule has 0 spiro atoms. The summed E-state index contributed by atoms with van der Waals surface area (Å²) < 4.78 is 16.6. The lowest BCUT2D eigenvalue weighted by molar-refractivity contribution is -0.167. The number of rotatable bonds is 38. The Labute approximate surface area is 332 Å². The molecule has 0 radical (unpaired) electrons. The molecule has 0 fully saturated rings. The van der Waals surface area contributed by atoms with E-state index in [-0.39, 0.29) is 37.5 Å². The highest BCUT2D eigenvalue weighted by Gasteiger charge is 2.19. The molecule has 6 heteroatoms. The van der Waals surface area contributed by atoms with Crippen LogP contribution in [0.3, 0.4) is 0 Å². The van der Waals surface area contributed by atoms with Crippen LogP contribution in [0.1, 0.15) is 194 Å². The van der Waals surface area contributed by atoms with Gasteiger partial charge in [-0.15, -0.1) is 0 Å². The van der Waals surface area contributed by atoms with Gasteiger partial charge >= 0.3 is 17.9 Å². The number of esters is 3. The zero-order valence-electron chi connectivity index (χ0n) is 35.0. The molecule has 0 aliphatic rings. The highest BCUT2D eigenvalue weighted by atomic mass is 16.6. The number of carbonyl (C=O) groups excluding carboxylic acids is 3. The first-order valence-electron chi connectivity index (χ1n) is 21.9. The van der Waals surface area contributed by atoms with E-state index in [1.807, 2.05) is 0 Å². The van der Waals surface area contributed by atoms with Gasteiger partial charge in [-0.2, -0.15) is 0 Å². The molecule has 6 nitrogen and oxygen atoms in total. The molecule has 0 aromatic heterocycles. The molecule has 0 aliphatic carbocycles. The van der Waals surface area contributed by atoms with Crippen LogP contribution in [-0.4, -0.2) is 37.2 Å². The Kier molecular flexibility index (Phi) is 40.1. The lowest BCUT2D eigenvalue weighted by Crippen LogP contribution is -2.30. The number of ether oxygens (including phenoxy) is 3. The summed E-state index contributed by atoms with van der Waals surface area (Å²) in [6.07, 6.45) is 51.7. The molecule has 0 aromatic carbocycles. The highest BCUT2D eigenvalue weighted by molar-refractivity contribution is 5.71. The van der Waals surface area contributed by atoms with Crippen molar-refractivity contribution in [2.75, 3.05) is 13.2 Å². The monoisotopic (exact) mass is 753 g/mol. The molecule has 0 amide bonds. The molecule has 0 saturated heterocycles. The van der Waals surface area contributed by atoms with Crippen LogP contribution in [0.4, 0.5) is 0 Å². The fraction of sp³-hybridized carbons (Fsp3) is 0.688. The van der Waals surface area contributed by atoms with Crippen LogP contribution >= 0.6 is 0 Å². The lowest BCUT2D eigenvalue weighted by atomic mass is 10.1. The van der Waals surface area contributed by atoms with Crippen molar-refractivity contribution in [2.45, 2.75) is 200 Å². The largest absolute Gasteiger partial charge is 0.462 e. The molecular weight excluding hydrogens is 673 g/mol. The van der Waals surface area contributed by atoms with Gasteiger partial charge in [-0.25, -0.2) is 0 Å². The molecule has 0 rings (SSSR count). The summed E-state index contributed by atoms with van der Waals surface area (Å²) in [5.41, 5.74) is 0. The number of hydrogen-bond donors (Lipinski definition) is 0. The van der Waals surface area contributed by atoms with Gasteiger partial charge in [0.15, 0.2) is 6.10 Å². The molecule has 0 bridgehead atoms. The van der Waals surface area contributed by atoms with E-state index in [1.165, 1.54) is 44.9 Å². The third kappa shape index (κ3) is 40.0. The minimum Gasteiger partial charge on any atom is -0.462 e. The SMILES string of the molecule is CC/C=C\C/C=C\C/C=C\CCCCCC(=O)OCC(COC(=O)CCCCCCCCCCCC)OC(=O)CCCCC/C=C\C/C=C\C/C=C\CC. The predicted octanol–water partition coefficient (Wildman–Crippen LogP) is 13.9. The van der Waals surface area contributed by atoms with Gasteiger partial charge < -0.3 is 14.2 Å². The second kappa shape index (κ2) is 42.6. The summed E-state index contributed by atoms with van der Waals surface area (Å²) >= 11 is 0. The maximum absolute atomic E-state index is 12.7. The van der Waals surface area contributed by atoms with Crippen molar-refractivity contribution < 1.29 is 28.6 Å². The molecular formula is C48H80O6. The second-order valence-corrected chi connectivity index (χ2v) is 14.2. The molecule has 1 unspecified atom stereocenters. The van der Waals surface area contributed by atoms with E-state index in [4.69, 9.17) is 14.2 Å². The zero-order valence-corrected chi connectivity index (χ0v) is 35.0. The van der Waals surface area contributed by atoms with Crippen LogP contribution in [0, 0.1) is 0 Å². The minimum atomic E-state index is -0.798. The van der Waals surface area contributed by atoms with Gasteiger partial charge in [-0.1, -0.05) is 164 Å². The third-order valence-corrected chi connectivity index (χ3v) is 8.96. The normalized spacial score (nSPS) is 12.7. The smallest absolute Gasteiger partial charge is 0.306 e. The molecule has 1 atom stereocenters. The lowest BCUT2D eigenvalue weighted by Gasteiger charge is -2.18. The topological polar surface area (TPSA) is 78.9 Å². The van der Waals surface area contributed by atoms with Crippen LogP contribution in [0.15, 0.2) is 72.9 Å². The van der Waals surface area contributed by atoms with Crippen LogP contribution in [0.5, 0.6) is 0 Å². The first-order chi connectivity index (χ1) is 26.5. The van der Waals surface area contributed by atoms with Gasteiger partial charge in [0.2, 0.25) is 0 Å². The van der Waals surface area contributed by atoms with Gasteiger partial charge in [-0.3, -0.25) is 14.4 Å². The Balaban J connectivity index is 4.48. The standard InChI is InChI=1S/C48H80O6/c1-4-7-10-13-16-19-22-24-26-29-32-35-38-41-47(50)53-44-45(43-52-46(49)40-37-34-31-28-21-18-15-12-9-6-3)54-48(51)42-39-36-33-30-27-25-23-20-17-14-11-8-5-2/h7-8,10-11,16-17,19-20,24-27,45H,4-6,9,12-15,18,21-23,28-44H2,1-3H3/b10-7-,11-8-,19-16-,20-17-,26-24-,27-25-. The maximum Gasteiger partial charge on any atom is 0.306 e. The Bertz CT molecular complexity index is 1050. The minimum absolute atomic E-state index is 0.0965. The van der Waals surface area contributed by atoms with E-state index in [9.17, 15) is 14.4 Å².